The van der Waals surface area contributed by atoms with Crippen molar-refractivity contribution in [2.75, 3.05) is 0 Å². The molecule has 2 aromatic rings. The van der Waals surface area contributed by atoms with Crippen molar-refractivity contribution in [1.29, 1.82) is 0 Å². The second kappa shape index (κ2) is 8.66. The zero-order chi connectivity index (χ0) is 20.1. The first-order valence-electron chi connectivity index (χ1n) is 8.99. The minimum atomic E-state index is -0.967. The molecule has 0 aliphatic carbocycles. The highest BCUT2D eigenvalue weighted by molar-refractivity contribution is 5.93. The van der Waals surface area contributed by atoms with E-state index in [-0.39, 0.29) is 11.8 Å². The molecule has 1 amide bonds. The number of hydrogen-bond acceptors (Lipinski definition) is 5. The van der Waals surface area contributed by atoms with Gasteiger partial charge in [-0.25, -0.2) is 4.68 Å². The molecule has 0 aliphatic rings. The summed E-state index contributed by atoms with van der Waals surface area (Å²) in [4.78, 5) is 23.6. The number of amides is 1. The highest BCUT2D eigenvalue weighted by Gasteiger charge is 2.25. The largest absolute Gasteiger partial charge is 0.491 e. The average molecular weight is 374 g/mol. The van der Waals surface area contributed by atoms with Gasteiger partial charge in [-0.1, -0.05) is 12.1 Å². The molecular weight excluding hydrogens is 348 g/mol. The van der Waals surface area contributed by atoms with E-state index in [0.29, 0.717) is 12.1 Å². The number of carboxylic acid groups (broad SMARTS) is 1. The molecule has 0 bridgehead atoms. The van der Waals surface area contributed by atoms with Gasteiger partial charge in [-0.2, -0.15) is 0 Å². The number of carbonyl (C=O) groups is 2. The summed E-state index contributed by atoms with van der Waals surface area (Å²) in [5.41, 5.74) is 1.62. The monoisotopic (exact) mass is 374 g/mol. The van der Waals surface area contributed by atoms with Gasteiger partial charge in [0.05, 0.1) is 23.4 Å². The van der Waals surface area contributed by atoms with Crippen LogP contribution in [0.2, 0.25) is 0 Å². The van der Waals surface area contributed by atoms with Gasteiger partial charge >= 0.3 is 5.97 Å². The predicted octanol–water partition coefficient (Wildman–Crippen LogP) is 2.46. The van der Waals surface area contributed by atoms with Gasteiger partial charge in [-0.3, -0.25) is 9.59 Å². The third-order valence-electron chi connectivity index (χ3n) is 4.26. The lowest BCUT2D eigenvalue weighted by molar-refractivity contribution is -0.141. The second-order valence-corrected chi connectivity index (χ2v) is 6.70. The third kappa shape index (κ3) is 4.84. The zero-order valence-corrected chi connectivity index (χ0v) is 16.3. The lowest BCUT2D eigenvalue weighted by Gasteiger charge is -2.17. The van der Waals surface area contributed by atoms with Crippen LogP contribution in [0.5, 0.6) is 5.75 Å². The fourth-order valence-electron chi connectivity index (χ4n) is 2.55. The molecule has 0 saturated carbocycles. The Morgan fingerprint density at radius 3 is 2.33 bits per heavy atom. The van der Waals surface area contributed by atoms with Crippen LogP contribution in [0.1, 0.15) is 50.8 Å². The Labute approximate surface area is 158 Å². The lowest BCUT2D eigenvalue weighted by Crippen LogP contribution is -2.40. The number of carbonyl (C=O) groups excluding carboxylic acids is 1. The Hall–Kier alpha value is -2.90. The first-order valence-corrected chi connectivity index (χ1v) is 8.99. The highest BCUT2D eigenvalue weighted by atomic mass is 16.5. The number of carboxylic acids is 1. The molecule has 1 heterocycles. The van der Waals surface area contributed by atoms with Crippen LogP contribution in [0.3, 0.4) is 0 Å². The van der Waals surface area contributed by atoms with E-state index in [1.165, 1.54) is 0 Å². The van der Waals surface area contributed by atoms with Crippen LogP contribution in [-0.2, 0) is 11.2 Å². The molecule has 1 aromatic carbocycles. The van der Waals surface area contributed by atoms with Crippen molar-refractivity contribution in [3.63, 3.8) is 0 Å². The zero-order valence-electron chi connectivity index (χ0n) is 16.3. The fraction of sp³-hybridized carbons (Fsp3) is 0.474. The summed E-state index contributed by atoms with van der Waals surface area (Å²) in [6, 6.07) is 6.85. The number of rotatable bonds is 8. The summed E-state index contributed by atoms with van der Waals surface area (Å²) >= 11 is 0. The fourth-order valence-corrected chi connectivity index (χ4v) is 2.55. The van der Waals surface area contributed by atoms with Crippen molar-refractivity contribution in [1.82, 2.24) is 20.3 Å². The van der Waals surface area contributed by atoms with Crippen LogP contribution in [-0.4, -0.2) is 44.1 Å². The molecule has 8 nitrogen and oxygen atoms in total. The third-order valence-corrected chi connectivity index (χ3v) is 4.26. The predicted molar refractivity (Wildman–Crippen MR) is 100 cm³/mol. The highest BCUT2D eigenvalue weighted by Crippen LogP contribution is 2.19. The molecule has 8 heteroatoms. The second-order valence-electron chi connectivity index (χ2n) is 6.70. The molecule has 2 unspecified atom stereocenters. The van der Waals surface area contributed by atoms with Crippen LogP contribution in [0.4, 0.5) is 0 Å². The number of benzene rings is 1. The molecular formula is C19H26N4O4. The van der Waals surface area contributed by atoms with Crippen molar-refractivity contribution in [3.05, 3.63) is 35.7 Å². The Morgan fingerprint density at radius 1 is 1.19 bits per heavy atom. The van der Waals surface area contributed by atoms with Crippen molar-refractivity contribution in [2.24, 2.45) is 5.92 Å². The van der Waals surface area contributed by atoms with Gasteiger partial charge in [-0.05, 0) is 58.4 Å². The standard InChI is InChI=1S/C19H26N4O4/c1-6-16-17(18(24)20-13(5)12(4)19(25)26)21-22-23(16)14-7-9-15(10-8-14)27-11(2)3/h7-13H,6H2,1-5H3,(H,20,24)(H,25,26). The smallest absolute Gasteiger partial charge is 0.308 e. The van der Waals surface area contributed by atoms with Crippen molar-refractivity contribution < 1.29 is 19.4 Å². The molecule has 0 radical (unpaired) electrons. The Morgan fingerprint density at radius 2 is 1.81 bits per heavy atom. The number of nitrogens with one attached hydrogen (secondary N) is 1. The minimum absolute atomic E-state index is 0.0823. The van der Waals surface area contributed by atoms with E-state index in [0.717, 1.165) is 11.4 Å². The van der Waals surface area contributed by atoms with E-state index < -0.39 is 23.8 Å². The van der Waals surface area contributed by atoms with Gasteiger partial charge in [-0.15, -0.1) is 5.10 Å². The maximum absolute atomic E-state index is 12.5. The molecule has 0 saturated heterocycles. The molecule has 146 valence electrons. The number of nitrogens with zero attached hydrogens (tertiary/aromatic N) is 3. The SMILES string of the molecule is CCc1c(C(=O)NC(C)C(C)C(=O)O)nnn1-c1ccc(OC(C)C)cc1. The first kappa shape index (κ1) is 20.4. The quantitative estimate of drug-likeness (QED) is 0.735. The van der Waals surface area contributed by atoms with Crippen LogP contribution in [0, 0.1) is 5.92 Å². The molecule has 0 fully saturated rings. The van der Waals surface area contributed by atoms with E-state index in [4.69, 9.17) is 9.84 Å². The van der Waals surface area contributed by atoms with Crippen molar-refractivity contribution >= 4 is 11.9 Å². The number of aliphatic carboxylic acids is 1. The molecule has 0 spiro atoms. The number of hydrogen-bond donors (Lipinski definition) is 2. The van der Waals surface area contributed by atoms with Gasteiger partial charge in [0, 0.05) is 6.04 Å². The summed E-state index contributed by atoms with van der Waals surface area (Å²) in [5, 5.41) is 19.9. The van der Waals surface area contributed by atoms with Gasteiger partial charge in [0.1, 0.15) is 5.75 Å². The van der Waals surface area contributed by atoms with Crippen LogP contribution in [0.15, 0.2) is 24.3 Å². The van der Waals surface area contributed by atoms with Gasteiger partial charge in [0.15, 0.2) is 5.69 Å². The van der Waals surface area contributed by atoms with E-state index in [1.54, 1.807) is 18.5 Å². The number of aromatic nitrogens is 3. The van der Waals surface area contributed by atoms with Gasteiger partial charge in [0.25, 0.3) is 5.91 Å². The summed E-state index contributed by atoms with van der Waals surface area (Å²) in [6.07, 6.45) is 0.627. The molecule has 2 atom stereocenters. The van der Waals surface area contributed by atoms with Gasteiger partial charge < -0.3 is 15.2 Å². The summed E-state index contributed by atoms with van der Waals surface area (Å²) < 4.78 is 7.24. The van der Waals surface area contributed by atoms with Crippen LogP contribution >= 0.6 is 0 Å². The first-order chi connectivity index (χ1) is 12.7. The summed E-state index contributed by atoms with van der Waals surface area (Å²) in [7, 11) is 0. The molecule has 27 heavy (non-hydrogen) atoms. The van der Waals surface area contributed by atoms with Crippen LogP contribution < -0.4 is 10.1 Å². The van der Waals surface area contributed by atoms with Crippen LogP contribution in [0.25, 0.3) is 5.69 Å². The lowest BCUT2D eigenvalue weighted by atomic mass is 10.0. The van der Waals surface area contributed by atoms with E-state index >= 15 is 0 Å². The Bertz CT molecular complexity index is 799. The van der Waals surface area contributed by atoms with Gasteiger partial charge in [0.2, 0.25) is 0 Å². The molecule has 1 aromatic heterocycles. The summed E-state index contributed by atoms with van der Waals surface area (Å²) in [5.74, 6) is -1.35. The molecule has 2 N–H and O–H groups in total. The Balaban J connectivity index is 2.23. The minimum Gasteiger partial charge on any atom is -0.491 e. The van der Waals surface area contributed by atoms with Crippen molar-refractivity contribution in [3.8, 4) is 11.4 Å². The number of ether oxygens (including phenoxy) is 1. The topological polar surface area (TPSA) is 106 Å². The Kier molecular flexibility index (Phi) is 6.55. The van der Waals surface area contributed by atoms with Crippen molar-refractivity contribution in [2.45, 2.75) is 53.2 Å². The van der Waals surface area contributed by atoms with E-state index in [2.05, 4.69) is 15.6 Å². The average Bonchev–Trinajstić information content (AvgIpc) is 3.05. The molecule has 0 aliphatic heterocycles. The molecule has 2 rings (SSSR count). The van der Waals surface area contributed by atoms with E-state index in [9.17, 15) is 9.59 Å². The van der Waals surface area contributed by atoms with E-state index in [1.807, 2.05) is 45.0 Å². The maximum Gasteiger partial charge on any atom is 0.308 e. The summed E-state index contributed by atoms with van der Waals surface area (Å²) in [6.45, 7) is 9.02. The maximum atomic E-state index is 12.5. The normalized spacial score (nSPS) is 13.3.